The molecule has 0 saturated carbocycles. The van der Waals surface area contributed by atoms with Crippen LogP contribution in [0, 0.1) is 0 Å². The predicted molar refractivity (Wildman–Crippen MR) is 59.2 cm³/mol. The standard InChI is InChI=1S/C11H15ClN2/c12-11(9-4-2-1-3-5-9)14-7-6-10(13)8-14/h1-5,10-11H,6-8,13H2. The number of hydrogen-bond acceptors (Lipinski definition) is 2. The Morgan fingerprint density at radius 3 is 2.64 bits per heavy atom. The topological polar surface area (TPSA) is 29.3 Å². The molecule has 1 aliphatic rings. The third kappa shape index (κ3) is 2.08. The first kappa shape index (κ1) is 9.97. The molecule has 0 amide bonds. The summed E-state index contributed by atoms with van der Waals surface area (Å²) in [5.74, 6) is 0. The number of nitrogens with two attached hydrogens (primary N) is 1. The molecule has 2 rings (SSSR count). The van der Waals surface area contributed by atoms with E-state index in [1.165, 1.54) is 0 Å². The summed E-state index contributed by atoms with van der Waals surface area (Å²) in [4.78, 5) is 2.22. The summed E-state index contributed by atoms with van der Waals surface area (Å²) in [6.07, 6.45) is 1.05. The Morgan fingerprint density at radius 1 is 1.36 bits per heavy atom. The molecule has 1 fully saturated rings. The molecule has 3 heteroatoms. The van der Waals surface area contributed by atoms with Gasteiger partial charge in [0.15, 0.2) is 0 Å². The van der Waals surface area contributed by atoms with E-state index in [2.05, 4.69) is 17.0 Å². The highest BCUT2D eigenvalue weighted by Gasteiger charge is 2.25. The van der Waals surface area contributed by atoms with E-state index < -0.39 is 0 Å². The van der Waals surface area contributed by atoms with Crippen LogP contribution in [0.15, 0.2) is 30.3 Å². The van der Waals surface area contributed by atoms with Crippen LogP contribution in [0.2, 0.25) is 0 Å². The fraction of sp³-hybridized carbons (Fsp3) is 0.455. The lowest BCUT2D eigenvalue weighted by Crippen LogP contribution is -2.27. The number of halogens is 1. The van der Waals surface area contributed by atoms with Crippen molar-refractivity contribution in [2.75, 3.05) is 13.1 Å². The molecular formula is C11H15ClN2. The number of likely N-dealkylation sites (tertiary alicyclic amines) is 1. The van der Waals surface area contributed by atoms with Gasteiger partial charge >= 0.3 is 0 Å². The normalized spacial score (nSPS) is 25.1. The van der Waals surface area contributed by atoms with Crippen molar-refractivity contribution in [3.05, 3.63) is 35.9 Å². The second kappa shape index (κ2) is 4.30. The van der Waals surface area contributed by atoms with E-state index in [1.54, 1.807) is 0 Å². The Morgan fingerprint density at radius 2 is 2.07 bits per heavy atom. The van der Waals surface area contributed by atoms with Crippen LogP contribution in [0.25, 0.3) is 0 Å². The van der Waals surface area contributed by atoms with Gasteiger partial charge in [-0.3, -0.25) is 4.90 Å². The molecular weight excluding hydrogens is 196 g/mol. The van der Waals surface area contributed by atoms with E-state index >= 15 is 0 Å². The average Bonchev–Trinajstić information content (AvgIpc) is 2.65. The van der Waals surface area contributed by atoms with Crippen molar-refractivity contribution in [1.29, 1.82) is 0 Å². The van der Waals surface area contributed by atoms with Gasteiger partial charge in [0.05, 0.1) is 0 Å². The van der Waals surface area contributed by atoms with E-state index in [9.17, 15) is 0 Å². The number of rotatable bonds is 2. The summed E-state index contributed by atoms with van der Waals surface area (Å²) < 4.78 is 0. The van der Waals surface area contributed by atoms with Crippen molar-refractivity contribution in [3.63, 3.8) is 0 Å². The maximum atomic E-state index is 6.35. The highest BCUT2D eigenvalue weighted by molar-refractivity contribution is 6.20. The molecule has 2 unspecified atom stereocenters. The average molecular weight is 211 g/mol. The molecule has 1 saturated heterocycles. The molecule has 0 bridgehead atoms. The van der Waals surface area contributed by atoms with Gasteiger partial charge in [-0.05, 0) is 12.0 Å². The second-order valence-electron chi connectivity index (χ2n) is 3.79. The predicted octanol–water partition coefficient (Wildman–Crippen LogP) is 1.96. The summed E-state index contributed by atoms with van der Waals surface area (Å²) in [5.41, 5.74) is 6.97. The van der Waals surface area contributed by atoms with Gasteiger partial charge in [-0.15, -0.1) is 11.6 Å². The van der Waals surface area contributed by atoms with Gasteiger partial charge in [0, 0.05) is 19.1 Å². The monoisotopic (exact) mass is 210 g/mol. The fourth-order valence-corrected chi connectivity index (χ4v) is 2.17. The summed E-state index contributed by atoms with van der Waals surface area (Å²) in [6, 6.07) is 10.4. The molecule has 1 heterocycles. The fourth-order valence-electron chi connectivity index (χ4n) is 1.84. The first-order chi connectivity index (χ1) is 6.77. The van der Waals surface area contributed by atoms with Crippen LogP contribution in [0.4, 0.5) is 0 Å². The lowest BCUT2D eigenvalue weighted by Gasteiger charge is -2.22. The first-order valence-corrected chi connectivity index (χ1v) is 5.39. The molecule has 0 spiro atoms. The molecule has 0 aromatic heterocycles. The van der Waals surface area contributed by atoms with Crippen molar-refractivity contribution in [1.82, 2.24) is 4.90 Å². The van der Waals surface area contributed by atoms with E-state index in [1.807, 2.05) is 18.2 Å². The van der Waals surface area contributed by atoms with Gasteiger partial charge in [-0.25, -0.2) is 0 Å². The zero-order valence-electron chi connectivity index (χ0n) is 8.07. The molecule has 0 radical (unpaired) electrons. The van der Waals surface area contributed by atoms with E-state index in [4.69, 9.17) is 17.3 Å². The lowest BCUT2D eigenvalue weighted by atomic mass is 10.2. The van der Waals surface area contributed by atoms with Crippen molar-refractivity contribution in [2.24, 2.45) is 5.73 Å². The van der Waals surface area contributed by atoms with Gasteiger partial charge in [-0.1, -0.05) is 30.3 Å². The van der Waals surface area contributed by atoms with Crippen LogP contribution in [0.5, 0.6) is 0 Å². The summed E-state index contributed by atoms with van der Waals surface area (Å²) in [7, 11) is 0. The Kier molecular flexibility index (Phi) is 3.06. The number of alkyl halides is 1. The Bertz CT molecular complexity index is 289. The quantitative estimate of drug-likeness (QED) is 0.597. The third-order valence-corrected chi connectivity index (χ3v) is 3.18. The molecule has 1 aromatic carbocycles. The van der Waals surface area contributed by atoms with Crippen LogP contribution in [0.3, 0.4) is 0 Å². The maximum Gasteiger partial charge on any atom is 0.111 e. The number of benzene rings is 1. The van der Waals surface area contributed by atoms with E-state index in [-0.39, 0.29) is 5.50 Å². The van der Waals surface area contributed by atoms with E-state index in [0.717, 1.165) is 25.1 Å². The minimum atomic E-state index is -0.0234. The van der Waals surface area contributed by atoms with Gasteiger partial charge in [0.1, 0.15) is 5.50 Å². The highest BCUT2D eigenvalue weighted by atomic mass is 35.5. The smallest absolute Gasteiger partial charge is 0.111 e. The highest BCUT2D eigenvalue weighted by Crippen LogP contribution is 2.27. The molecule has 2 atom stereocenters. The van der Waals surface area contributed by atoms with Crippen LogP contribution in [-0.4, -0.2) is 24.0 Å². The summed E-state index contributed by atoms with van der Waals surface area (Å²) in [6.45, 7) is 1.91. The first-order valence-electron chi connectivity index (χ1n) is 4.96. The minimum absolute atomic E-state index is 0.0234. The molecule has 2 N–H and O–H groups in total. The van der Waals surface area contributed by atoms with Gasteiger partial charge in [-0.2, -0.15) is 0 Å². The zero-order valence-corrected chi connectivity index (χ0v) is 8.82. The Balaban J connectivity index is 2.05. The molecule has 76 valence electrons. The van der Waals surface area contributed by atoms with E-state index in [0.29, 0.717) is 6.04 Å². The van der Waals surface area contributed by atoms with Crippen LogP contribution in [0.1, 0.15) is 17.5 Å². The van der Waals surface area contributed by atoms with Crippen molar-refractivity contribution in [2.45, 2.75) is 18.0 Å². The van der Waals surface area contributed by atoms with Crippen molar-refractivity contribution in [3.8, 4) is 0 Å². The molecule has 14 heavy (non-hydrogen) atoms. The van der Waals surface area contributed by atoms with Crippen molar-refractivity contribution < 1.29 is 0 Å². The largest absolute Gasteiger partial charge is 0.326 e. The van der Waals surface area contributed by atoms with Crippen LogP contribution < -0.4 is 5.73 Å². The van der Waals surface area contributed by atoms with Gasteiger partial charge in [0.25, 0.3) is 0 Å². The van der Waals surface area contributed by atoms with Crippen LogP contribution in [-0.2, 0) is 0 Å². The SMILES string of the molecule is NC1CCN(C(Cl)c2ccccc2)C1. The Hall–Kier alpha value is -0.570. The number of hydrogen-bond donors (Lipinski definition) is 1. The van der Waals surface area contributed by atoms with Crippen LogP contribution >= 0.6 is 11.6 Å². The molecule has 1 aromatic rings. The maximum absolute atomic E-state index is 6.35. The summed E-state index contributed by atoms with van der Waals surface area (Å²) >= 11 is 6.35. The second-order valence-corrected chi connectivity index (χ2v) is 4.20. The molecule has 2 nitrogen and oxygen atoms in total. The Labute approximate surface area is 89.7 Å². The number of nitrogens with zero attached hydrogens (tertiary/aromatic N) is 1. The van der Waals surface area contributed by atoms with Gasteiger partial charge in [0.2, 0.25) is 0 Å². The minimum Gasteiger partial charge on any atom is -0.326 e. The lowest BCUT2D eigenvalue weighted by molar-refractivity contribution is 0.312. The zero-order chi connectivity index (χ0) is 9.97. The summed E-state index contributed by atoms with van der Waals surface area (Å²) in [5, 5.41) is 0. The molecule has 1 aliphatic heterocycles. The van der Waals surface area contributed by atoms with Crippen molar-refractivity contribution >= 4 is 11.6 Å². The molecule has 0 aliphatic carbocycles. The van der Waals surface area contributed by atoms with Gasteiger partial charge < -0.3 is 5.73 Å². The third-order valence-electron chi connectivity index (χ3n) is 2.65.